The van der Waals surface area contributed by atoms with Crippen LogP contribution in [0.25, 0.3) is 0 Å². The largest absolute Gasteiger partial charge is 0.339 e. The average molecular weight is 182 g/mol. The van der Waals surface area contributed by atoms with Gasteiger partial charge in [0.05, 0.1) is 0 Å². The SMILES string of the molecule is Cc1noc(C[C@@H](C)C(C)(C)C)n1. The van der Waals surface area contributed by atoms with Crippen LogP contribution in [0.1, 0.15) is 39.4 Å². The topological polar surface area (TPSA) is 38.9 Å². The van der Waals surface area contributed by atoms with E-state index in [4.69, 9.17) is 4.52 Å². The van der Waals surface area contributed by atoms with Gasteiger partial charge in [-0.2, -0.15) is 4.98 Å². The molecule has 3 nitrogen and oxygen atoms in total. The highest BCUT2D eigenvalue weighted by Crippen LogP contribution is 2.27. The fourth-order valence-electron chi connectivity index (χ4n) is 0.991. The van der Waals surface area contributed by atoms with E-state index >= 15 is 0 Å². The molecular formula is C10H18N2O. The Morgan fingerprint density at radius 1 is 1.38 bits per heavy atom. The van der Waals surface area contributed by atoms with E-state index in [1.165, 1.54) is 0 Å². The number of aryl methyl sites for hydroxylation is 1. The molecule has 74 valence electrons. The van der Waals surface area contributed by atoms with Gasteiger partial charge in [0, 0.05) is 6.42 Å². The van der Waals surface area contributed by atoms with Crippen molar-refractivity contribution in [2.24, 2.45) is 11.3 Å². The first-order valence-electron chi connectivity index (χ1n) is 4.69. The minimum Gasteiger partial charge on any atom is -0.339 e. The summed E-state index contributed by atoms with van der Waals surface area (Å²) in [5.74, 6) is 2.02. The summed E-state index contributed by atoms with van der Waals surface area (Å²) in [6, 6.07) is 0. The Hall–Kier alpha value is -0.860. The monoisotopic (exact) mass is 182 g/mol. The molecule has 0 saturated carbocycles. The molecule has 1 rings (SSSR count). The second-order valence-electron chi connectivity index (χ2n) is 4.71. The van der Waals surface area contributed by atoms with Crippen molar-refractivity contribution in [3.63, 3.8) is 0 Å². The molecular weight excluding hydrogens is 164 g/mol. The number of nitrogens with zero attached hydrogens (tertiary/aromatic N) is 2. The van der Waals surface area contributed by atoms with E-state index in [1.807, 2.05) is 6.92 Å². The van der Waals surface area contributed by atoms with Crippen LogP contribution >= 0.6 is 0 Å². The molecule has 0 aliphatic rings. The fraction of sp³-hybridized carbons (Fsp3) is 0.800. The Labute approximate surface area is 79.5 Å². The van der Waals surface area contributed by atoms with Crippen molar-refractivity contribution in [1.82, 2.24) is 10.1 Å². The van der Waals surface area contributed by atoms with Gasteiger partial charge in [0.15, 0.2) is 5.82 Å². The van der Waals surface area contributed by atoms with Crippen LogP contribution in [0.3, 0.4) is 0 Å². The van der Waals surface area contributed by atoms with Crippen molar-refractivity contribution in [2.45, 2.75) is 41.0 Å². The van der Waals surface area contributed by atoms with E-state index in [0.717, 1.165) is 18.1 Å². The fourth-order valence-corrected chi connectivity index (χ4v) is 0.991. The maximum absolute atomic E-state index is 5.07. The molecule has 0 N–H and O–H groups in total. The van der Waals surface area contributed by atoms with E-state index in [-0.39, 0.29) is 0 Å². The van der Waals surface area contributed by atoms with Crippen molar-refractivity contribution in [1.29, 1.82) is 0 Å². The highest BCUT2D eigenvalue weighted by atomic mass is 16.5. The number of hydrogen-bond donors (Lipinski definition) is 0. The molecule has 1 heterocycles. The van der Waals surface area contributed by atoms with E-state index in [1.54, 1.807) is 0 Å². The molecule has 1 aromatic rings. The van der Waals surface area contributed by atoms with Crippen LogP contribution in [-0.4, -0.2) is 10.1 Å². The predicted octanol–water partition coefficient (Wildman–Crippen LogP) is 2.60. The quantitative estimate of drug-likeness (QED) is 0.705. The molecule has 0 aliphatic heterocycles. The first-order valence-corrected chi connectivity index (χ1v) is 4.69. The van der Waals surface area contributed by atoms with Crippen LogP contribution in [0.2, 0.25) is 0 Å². The van der Waals surface area contributed by atoms with Crippen LogP contribution in [0.4, 0.5) is 0 Å². The van der Waals surface area contributed by atoms with Gasteiger partial charge in [-0.05, 0) is 18.3 Å². The van der Waals surface area contributed by atoms with Gasteiger partial charge in [0.2, 0.25) is 5.89 Å². The molecule has 0 spiro atoms. The van der Waals surface area contributed by atoms with Crippen molar-refractivity contribution in [2.75, 3.05) is 0 Å². The second-order valence-corrected chi connectivity index (χ2v) is 4.71. The summed E-state index contributed by atoms with van der Waals surface area (Å²) in [7, 11) is 0. The zero-order valence-corrected chi connectivity index (χ0v) is 9.09. The van der Waals surface area contributed by atoms with Crippen molar-refractivity contribution >= 4 is 0 Å². The van der Waals surface area contributed by atoms with Crippen LogP contribution in [0, 0.1) is 18.3 Å². The van der Waals surface area contributed by atoms with Crippen LogP contribution in [-0.2, 0) is 6.42 Å². The Morgan fingerprint density at radius 2 is 2.00 bits per heavy atom. The van der Waals surface area contributed by atoms with Gasteiger partial charge >= 0.3 is 0 Å². The highest BCUT2D eigenvalue weighted by Gasteiger charge is 2.22. The second kappa shape index (κ2) is 3.48. The zero-order valence-electron chi connectivity index (χ0n) is 9.09. The van der Waals surface area contributed by atoms with Gasteiger partial charge in [-0.25, -0.2) is 0 Å². The van der Waals surface area contributed by atoms with Gasteiger partial charge in [-0.15, -0.1) is 0 Å². The lowest BCUT2D eigenvalue weighted by atomic mass is 9.80. The molecule has 3 heteroatoms. The molecule has 0 aromatic carbocycles. The summed E-state index contributed by atoms with van der Waals surface area (Å²) < 4.78 is 5.07. The third-order valence-electron chi connectivity index (χ3n) is 2.53. The summed E-state index contributed by atoms with van der Waals surface area (Å²) in [5.41, 5.74) is 0.294. The lowest BCUT2D eigenvalue weighted by Gasteiger charge is -2.25. The van der Waals surface area contributed by atoms with Crippen molar-refractivity contribution in [3.05, 3.63) is 11.7 Å². The highest BCUT2D eigenvalue weighted by molar-refractivity contribution is 4.86. The van der Waals surface area contributed by atoms with Gasteiger partial charge in [-0.1, -0.05) is 32.9 Å². The Bertz CT molecular complexity index is 273. The van der Waals surface area contributed by atoms with E-state index < -0.39 is 0 Å². The summed E-state index contributed by atoms with van der Waals surface area (Å²) in [4.78, 5) is 4.19. The van der Waals surface area contributed by atoms with Crippen LogP contribution < -0.4 is 0 Å². The first-order chi connectivity index (χ1) is 5.89. The molecule has 0 bridgehead atoms. The summed E-state index contributed by atoms with van der Waals surface area (Å²) in [5, 5.41) is 3.77. The van der Waals surface area contributed by atoms with Crippen LogP contribution in [0.5, 0.6) is 0 Å². The number of aromatic nitrogens is 2. The van der Waals surface area contributed by atoms with Gasteiger partial charge in [0.1, 0.15) is 0 Å². The summed E-state index contributed by atoms with van der Waals surface area (Å²) in [6.07, 6.45) is 0.865. The molecule has 0 radical (unpaired) electrons. The lowest BCUT2D eigenvalue weighted by Crippen LogP contribution is -2.19. The normalized spacial score (nSPS) is 14.5. The maximum Gasteiger partial charge on any atom is 0.226 e. The molecule has 1 aromatic heterocycles. The first kappa shape index (κ1) is 10.2. The molecule has 13 heavy (non-hydrogen) atoms. The van der Waals surface area contributed by atoms with Gasteiger partial charge in [-0.3, -0.25) is 0 Å². The van der Waals surface area contributed by atoms with E-state index in [2.05, 4.69) is 37.8 Å². The Balaban J connectivity index is 2.60. The van der Waals surface area contributed by atoms with Crippen molar-refractivity contribution < 1.29 is 4.52 Å². The van der Waals surface area contributed by atoms with E-state index in [0.29, 0.717) is 11.3 Å². The van der Waals surface area contributed by atoms with Crippen molar-refractivity contribution in [3.8, 4) is 0 Å². The summed E-state index contributed by atoms with van der Waals surface area (Å²) >= 11 is 0. The smallest absolute Gasteiger partial charge is 0.226 e. The van der Waals surface area contributed by atoms with Crippen LogP contribution in [0.15, 0.2) is 4.52 Å². The number of rotatable bonds is 2. The minimum atomic E-state index is 0.294. The number of hydrogen-bond acceptors (Lipinski definition) is 3. The third-order valence-corrected chi connectivity index (χ3v) is 2.53. The molecule has 0 fully saturated rings. The molecule has 0 amide bonds. The average Bonchev–Trinajstić information content (AvgIpc) is 2.33. The predicted molar refractivity (Wildman–Crippen MR) is 51.4 cm³/mol. The molecule has 0 unspecified atom stereocenters. The molecule has 1 atom stereocenters. The summed E-state index contributed by atoms with van der Waals surface area (Å²) in [6.45, 7) is 10.7. The Kier molecular flexibility index (Phi) is 2.74. The lowest BCUT2D eigenvalue weighted by molar-refractivity contribution is 0.236. The Morgan fingerprint density at radius 3 is 2.38 bits per heavy atom. The van der Waals surface area contributed by atoms with Gasteiger partial charge < -0.3 is 4.52 Å². The maximum atomic E-state index is 5.07. The van der Waals surface area contributed by atoms with E-state index in [9.17, 15) is 0 Å². The third kappa shape index (κ3) is 2.83. The molecule has 0 saturated heterocycles. The minimum absolute atomic E-state index is 0.294. The standard InChI is InChI=1S/C10H18N2O/c1-7(10(3,4)5)6-9-11-8(2)12-13-9/h7H,6H2,1-5H3/t7-/m1/s1. The van der Waals surface area contributed by atoms with Gasteiger partial charge in [0.25, 0.3) is 0 Å². The molecule has 0 aliphatic carbocycles. The zero-order chi connectivity index (χ0) is 10.1.